The molecule has 7 aromatic rings. The molecule has 10 rings (SSSR count). The van der Waals surface area contributed by atoms with Crippen molar-refractivity contribution in [2.75, 3.05) is 4.90 Å². The van der Waals surface area contributed by atoms with Gasteiger partial charge in [-0.15, -0.1) is 0 Å². The van der Waals surface area contributed by atoms with E-state index in [0.29, 0.717) is 0 Å². The molecule has 0 unspecified atom stereocenters. The quantitative estimate of drug-likeness (QED) is 0.180. The third-order valence-electron chi connectivity index (χ3n) is 12.7. The van der Waals surface area contributed by atoms with Gasteiger partial charge in [0, 0.05) is 33.3 Å². The van der Waals surface area contributed by atoms with Crippen LogP contribution in [-0.4, -0.2) is 0 Å². The molecule has 0 N–H and O–H groups in total. The minimum atomic E-state index is -0.106. The van der Waals surface area contributed by atoms with Gasteiger partial charge in [-0.1, -0.05) is 157 Å². The summed E-state index contributed by atoms with van der Waals surface area (Å²) in [6, 6.07) is 57.1. The molecule has 0 bridgehead atoms. The van der Waals surface area contributed by atoms with Gasteiger partial charge in [-0.3, -0.25) is 0 Å². The molecule has 7 aromatic carbocycles. The van der Waals surface area contributed by atoms with Crippen LogP contribution in [0.25, 0.3) is 44.5 Å². The molecule has 0 fully saturated rings. The zero-order valence-electron chi connectivity index (χ0n) is 30.9. The molecule has 0 amide bonds. The van der Waals surface area contributed by atoms with Crippen molar-refractivity contribution in [3.05, 3.63) is 185 Å². The predicted octanol–water partition coefficient (Wildman–Crippen LogP) is 13.7. The average Bonchev–Trinajstić information content (AvgIpc) is 3.64. The molecule has 0 radical (unpaired) electrons. The summed E-state index contributed by atoms with van der Waals surface area (Å²) in [6.07, 6.45) is 0. The van der Waals surface area contributed by atoms with Crippen molar-refractivity contribution in [1.29, 1.82) is 0 Å². The van der Waals surface area contributed by atoms with E-state index in [2.05, 4.69) is 198 Å². The highest BCUT2D eigenvalue weighted by Gasteiger charge is 2.40. The second-order valence-corrected chi connectivity index (χ2v) is 16.6. The first kappa shape index (κ1) is 31.1. The zero-order chi connectivity index (χ0) is 35.6. The van der Waals surface area contributed by atoms with E-state index in [1.807, 2.05) is 0 Å². The minimum Gasteiger partial charge on any atom is -0.310 e. The maximum absolute atomic E-state index is 2.51. The minimum absolute atomic E-state index is 0.0966. The summed E-state index contributed by atoms with van der Waals surface area (Å²) in [4.78, 5) is 2.51. The van der Waals surface area contributed by atoms with Gasteiger partial charge < -0.3 is 4.90 Å². The lowest BCUT2D eigenvalue weighted by molar-refractivity contribution is 0.659. The van der Waals surface area contributed by atoms with Gasteiger partial charge in [-0.25, -0.2) is 0 Å². The van der Waals surface area contributed by atoms with Gasteiger partial charge in [0.15, 0.2) is 0 Å². The van der Waals surface area contributed by atoms with E-state index in [1.165, 1.54) is 95.0 Å². The molecule has 0 aromatic heterocycles. The molecular weight excluding hydrogens is 627 g/mol. The predicted molar refractivity (Wildman–Crippen MR) is 219 cm³/mol. The summed E-state index contributed by atoms with van der Waals surface area (Å²) in [5.41, 5.74) is 22.2. The highest BCUT2D eigenvalue weighted by molar-refractivity contribution is 5.95. The molecule has 0 saturated heterocycles. The Hall–Kier alpha value is -5.66. The van der Waals surface area contributed by atoms with Crippen LogP contribution in [0.4, 0.5) is 17.1 Å². The summed E-state index contributed by atoms with van der Waals surface area (Å²) in [5.74, 6) is 0. The van der Waals surface area contributed by atoms with Crippen LogP contribution < -0.4 is 4.90 Å². The summed E-state index contributed by atoms with van der Waals surface area (Å²) in [6.45, 7) is 14.3. The Morgan fingerprint density at radius 2 is 0.731 bits per heavy atom. The molecule has 3 aliphatic rings. The van der Waals surface area contributed by atoms with Crippen LogP contribution in [0, 0.1) is 0 Å². The second-order valence-electron chi connectivity index (χ2n) is 16.6. The Morgan fingerprint density at radius 1 is 0.308 bits per heavy atom. The van der Waals surface area contributed by atoms with E-state index in [9.17, 15) is 0 Å². The first-order valence-electron chi connectivity index (χ1n) is 18.7. The number of hydrogen-bond acceptors (Lipinski definition) is 1. The van der Waals surface area contributed by atoms with Crippen LogP contribution in [-0.2, 0) is 16.2 Å². The zero-order valence-corrected chi connectivity index (χ0v) is 30.9. The van der Waals surface area contributed by atoms with Crippen LogP contribution in [0.5, 0.6) is 0 Å². The van der Waals surface area contributed by atoms with Crippen LogP contribution in [0.2, 0.25) is 0 Å². The summed E-state index contributed by atoms with van der Waals surface area (Å²) in [5, 5.41) is 0. The monoisotopic (exact) mass is 669 g/mol. The maximum atomic E-state index is 2.51. The summed E-state index contributed by atoms with van der Waals surface area (Å²) >= 11 is 0. The normalized spacial score (nSPS) is 16.0. The lowest BCUT2D eigenvalue weighted by atomic mass is 9.81. The van der Waals surface area contributed by atoms with Crippen LogP contribution >= 0.6 is 0 Å². The lowest BCUT2D eigenvalue weighted by Gasteiger charge is -2.30. The van der Waals surface area contributed by atoms with Crippen molar-refractivity contribution < 1.29 is 0 Å². The Morgan fingerprint density at radius 3 is 1.33 bits per heavy atom. The van der Waals surface area contributed by atoms with Crippen molar-refractivity contribution in [2.24, 2.45) is 0 Å². The number of hydrogen-bond donors (Lipinski definition) is 0. The third kappa shape index (κ3) is 4.17. The standard InChI is InChI=1S/C51H43N/c1-49(2)44-28-25-33(29-41(44)48-36(19-14-22-45(48)49)32-15-8-7-9-16-32)52(34-23-26-39-37-17-10-12-20-42(37)50(3,4)46(39)30-34)35-24-27-40-38-18-11-13-21-43(38)51(5,6)47(40)31-35/h7-31H,1-6H3. The fourth-order valence-electron chi connectivity index (χ4n) is 9.90. The van der Waals surface area contributed by atoms with E-state index in [4.69, 9.17) is 0 Å². The summed E-state index contributed by atoms with van der Waals surface area (Å²) < 4.78 is 0. The Labute approximate surface area is 308 Å². The second kappa shape index (κ2) is 10.7. The SMILES string of the molecule is CC1(C)c2ccccc2-c2ccc(N(c3ccc4c(c3)-c3c(-c5ccccc5)cccc3C4(C)C)c3ccc4c(c3)C(C)(C)c3ccccc3-4)cc21. The van der Waals surface area contributed by atoms with Crippen LogP contribution in [0.15, 0.2) is 152 Å². The van der Waals surface area contributed by atoms with Crippen LogP contribution in [0.3, 0.4) is 0 Å². The van der Waals surface area contributed by atoms with Crippen molar-refractivity contribution >= 4 is 17.1 Å². The highest BCUT2D eigenvalue weighted by atomic mass is 15.1. The van der Waals surface area contributed by atoms with E-state index in [1.54, 1.807) is 0 Å². The number of anilines is 3. The fraction of sp³-hybridized carbons (Fsp3) is 0.176. The molecule has 0 saturated carbocycles. The smallest absolute Gasteiger partial charge is 0.0468 e. The first-order chi connectivity index (χ1) is 25.1. The third-order valence-corrected chi connectivity index (χ3v) is 12.7. The van der Waals surface area contributed by atoms with Gasteiger partial charge in [0.1, 0.15) is 0 Å². The number of benzene rings is 7. The molecule has 3 aliphatic carbocycles. The van der Waals surface area contributed by atoms with Gasteiger partial charge in [-0.05, 0) is 114 Å². The molecule has 252 valence electrons. The van der Waals surface area contributed by atoms with E-state index in [0.717, 1.165) is 0 Å². The molecule has 1 nitrogen and oxygen atoms in total. The molecule has 52 heavy (non-hydrogen) atoms. The van der Waals surface area contributed by atoms with Gasteiger partial charge in [0.2, 0.25) is 0 Å². The number of nitrogens with zero attached hydrogens (tertiary/aromatic N) is 1. The number of rotatable bonds is 4. The van der Waals surface area contributed by atoms with E-state index >= 15 is 0 Å². The Kier molecular flexibility index (Phi) is 6.39. The van der Waals surface area contributed by atoms with Gasteiger partial charge in [-0.2, -0.15) is 0 Å². The Balaban J connectivity index is 1.20. The molecule has 0 spiro atoms. The van der Waals surface area contributed by atoms with Crippen molar-refractivity contribution in [3.8, 4) is 44.5 Å². The fourth-order valence-corrected chi connectivity index (χ4v) is 9.90. The van der Waals surface area contributed by atoms with Gasteiger partial charge >= 0.3 is 0 Å². The first-order valence-corrected chi connectivity index (χ1v) is 18.7. The van der Waals surface area contributed by atoms with Gasteiger partial charge in [0.25, 0.3) is 0 Å². The topological polar surface area (TPSA) is 3.24 Å². The highest BCUT2D eigenvalue weighted by Crippen LogP contribution is 2.56. The van der Waals surface area contributed by atoms with Gasteiger partial charge in [0.05, 0.1) is 0 Å². The molecular formula is C51H43N. The maximum Gasteiger partial charge on any atom is 0.0468 e. The van der Waals surface area contributed by atoms with Crippen molar-refractivity contribution in [1.82, 2.24) is 0 Å². The van der Waals surface area contributed by atoms with Crippen LogP contribution in [0.1, 0.15) is 74.9 Å². The lowest BCUT2D eigenvalue weighted by Crippen LogP contribution is -2.18. The average molecular weight is 670 g/mol. The van der Waals surface area contributed by atoms with E-state index < -0.39 is 0 Å². The molecule has 0 aliphatic heterocycles. The van der Waals surface area contributed by atoms with E-state index in [-0.39, 0.29) is 16.2 Å². The Bertz CT molecular complexity index is 2490. The largest absolute Gasteiger partial charge is 0.310 e. The molecule has 0 atom stereocenters. The van der Waals surface area contributed by atoms with Crippen molar-refractivity contribution in [3.63, 3.8) is 0 Å². The summed E-state index contributed by atoms with van der Waals surface area (Å²) in [7, 11) is 0. The molecule has 0 heterocycles. The number of fused-ring (bicyclic) bond motifs is 9. The molecule has 1 heteroatoms. The van der Waals surface area contributed by atoms with Crippen molar-refractivity contribution in [2.45, 2.75) is 57.8 Å².